The Bertz CT molecular complexity index is 850. The Morgan fingerprint density at radius 3 is 2.68 bits per heavy atom. The van der Waals surface area contributed by atoms with E-state index in [-0.39, 0.29) is 34.9 Å². The van der Waals surface area contributed by atoms with Crippen LogP contribution in [0.2, 0.25) is 0 Å². The zero-order chi connectivity index (χ0) is 22.0. The molecule has 1 aromatic heterocycles. The second kappa shape index (κ2) is 9.10. The number of hydrogen-bond donors (Lipinski definition) is 1. The molecular weight excluding hydrogens is 398 g/mol. The molecule has 2 fully saturated rings. The van der Waals surface area contributed by atoms with Gasteiger partial charge < -0.3 is 14.8 Å². The predicted octanol–water partition coefficient (Wildman–Crippen LogP) is 2.08. The van der Waals surface area contributed by atoms with E-state index < -0.39 is 0 Å². The lowest BCUT2D eigenvalue weighted by Crippen LogP contribution is -2.40. The number of Topliss-reactive ketones (excluding diaryl/α,β-unsaturated/α-hetero) is 1. The minimum Gasteiger partial charge on any atom is -0.465 e. The van der Waals surface area contributed by atoms with Crippen molar-refractivity contribution in [1.82, 2.24) is 15.1 Å². The summed E-state index contributed by atoms with van der Waals surface area (Å²) in [5, 5.41) is 7.86. The number of esters is 1. The zero-order valence-electron chi connectivity index (χ0n) is 18.6. The van der Waals surface area contributed by atoms with E-state index in [1.54, 1.807) is 6.92 Å². The highest BCUT2D eigenvalue weighted by Gasteiger charge is 2.40. The average molecular weight is 432 g/mol. The van der Waals surface area contributed by atoms with Crippen molar-refractivity contribution in [3.63, 3.8) is 0 Å². The van der Waals surface area contributed by atoms with E-state index >= 15 is 0 Å². The summed E-state index contributed by atoms with van der Waals surface area (Å²) in [6.45, 7) is 6.65. The van der Waals surface area contributed by atoms with Crippen molar-refractivity contribution in [2.45, 2.75) is 65.3 Å². The van der Waals surface area contributed by atoms with E-state index in [1.165, 1.54) is 0 Å². The molecule has 1 saturated carbocycles. The number of aromatic nitrogens is 2. The van der Waals surface area contributed by atoms with Crippen LogP contribution in [0.25, 0.3) is 0 Å². The molecule has 8 nitrogen and oxygen atoms in total. The number of rotatable bonds is 7. The number of aryl methyl sites for hydroxylation is 2. The van der Waals surface area contributed by atoms with E-state index in [2.05, 4.69) is 5.32 Å². The fourth-order valence-corrected chi connectivity index (χ4v) is 5.00. The maximum Gasteiger partial charge on any atom is 0.308 e. The average Bonchev–Trinajstić information content (AvgIpc) is 2.99. The molecule has 8 heteroatoms. The summed E-state index contributed by atoms with van der Waals surface area (Å²) in [7, 11) is 0. The summed E-state index contributed by atoms with van der Waals surface area (Å²) < 4.78 is 13.0. The number of fused-ring (bicyclic) bond motifs is 1. The second-order valence-electron chi connectivity index (χ2n) is 9.31. The number of nitrogens with zero attached hydrogens (tertiary/aromatic N) is 2. The molecule has 0 bridgehead atoms. The Morgan fingerprint density at radius 2 is 2.00 bits per heavy atom. The van der Waals surface area contributed by atoms with Gasteiger partial charge >= 0.3 is 5.97 Å². The van der Waals surface area contributed by atoms with Crippen LogP contribution in [0.4, 0.5) is 0 Å². The molecule has 170 valence electrons. The fourth-order valence-electron chi connectivity index (χ4n) is 5.00. The molecule has 1 aliphatic carbocycles. The lowest BCUT2D eigenvalue weighted by atomic mass is 9.73. The van der Waals surface area contributed by atoms with Gasteiger partial charge in [0.05, 0.1) is 29.5 Å². The lowest BCUT2D eigenvalue weighted by Gasteiger charge is -2.36. The van der Waals surface area contributed by atoms with Gasteiger partial charge in [0.25, 0.3) is 5.91 Å². The summed E-state index contributed by atoms with van der Waals surface area (Å²) in [6.07, 6.45) is 5.24. The maximum absolute atomic E-state index is 12.8. The van der Waals surface area contributed by atoms with E-state index in [4.69, 9.17) is 14.6 Å². The first-order valence-corrected chi connectivity index (χ1v) is 11.5. The van der Waals surface area contributed by atoms with Crippen molar-refractivity contribution in [1.29, 1.82) is 0 Å². The number of ether oxygens (including phenoxy) is 2. The van der Waals surface area contributed by atoms with Gasteiger partial charge in [-0.15, -0.1) is 0 Å². The Hall–Kier alpha value is -2.22. The molecule has 31 heavy (non-hydrogen) atoms. The van der Waals surface area contributed by atoms with E-state index in [1.807, 2.05) is 11.6 Å². The smallest absolute Gasteiger partial charge is 0.308 e. The van der Waals surface area contributed by atoms with Crippen LogP contribution in [-0.4, -0.2) is 53.8 Å². The molecule has 1 spiro atoms. The van der Waals surface area contributed by atoms with Crippen LogP contribution in [0.1, 0.15) is 67.7 Å². The van der Waals surface area contributed by atoms with Crippen LogP contribution in [0, 0.1) is 17.3 Å². The summed E-state index contributed by atoms with van der Waals surface area (Å²) in [5.41, 5.74) is 2.58. The summed E-state index contributed by atoms with van der Waals surface area (Å²) >= 11 is 0. The Balaban J connectivity index is 1.38. The van der Waals surface area contributed by atoms with Gasteiger partial charge in [0.2, 0.25) is 0 Å². The van der Waals surface area contributed by atoms with Crippen LogP contribution >= 0.6 is 0 Å². The molecule has 0 radical (unpaired) electrons. The van der Waals surface area contributed by atoms with Crippen molar-refractivity contribution < 1.29 is 23.9 Å². The van der Waals surface area contributed by atoms with Crippen molar-refractivity contribution >= 4 is 17.7 Å². The standard InChI is InChI=1S/C23H33N3O5/c1-3-18-20-19(13-23(14-24-21(20)28)5-9-30-10-6-23)26(25-18)7-4-8-31-22(29)17-11-16(12-17)15(2)27/h16-17H,3-14H2,1-2H3,(H,24,28). The third kappa shape index (κ3) is 4.54. The van der Waals surface area contributed by atoms with Crippen molar-refractivity contribution in [3.05, 3.63) is 17.0 Å². The van der Waals surface area contributed by atoms with Gasteiger partial charge in [-0.2, -0.15) is 5.10 Å². The van der Waals surface area contributed by atoms with E-state index in [0.29, 0.717) is 45.4 Å². The molecule has 2 aliphatic heterocycles. The molecule has 0 atom stereocenters. The topological polar surface area (TPSA) is 99.5 Å². The first-order chi connectivity index (χ1) is 14.9. The summed E-state index contributed by atoms with van der Waals surface area (Å²) in [5.74, 6) is -0.196. The van der Waals surface area contributed by atoms with Gasteiger partial charge in [-0.1, -0.05) is 6.92 Å². The Labute approximate surface area is 183 Å². The van der Waals surface area contributed by atoms with Crippen LogP contribution in [0.3, 0.4) is 0 Å². The number of nitrogens with one attached hydrogen (secondary N) is 1. The highest BCUT2D eigenvalue weighted by atomic mass is 16.5. The quantitative estimate of drug-likeness (QED) is 0.524. The first-order valence-electron chi connectivity index (χ1n) is 11.5. The van der Waals surface area contributed by atoms with Gasteiger partial charge in [0.1, 0.15) is 5.78 Å². The zero-order valence-corrected chi connectivity index (χ0v) is 18.6. The second-order valence-corrected chi connectivity index (χ2v) is 9.31. The molecule has 1 saturated heterocycles. The van der Waals surface area contributed by atoms with Gasteiger partial charge in [-0.3, -0.25) is 19.1 Å². The van der Waals surface area contributed by atoms with Gasteiger partial charge in [-0.25, -0.2) is 0 Å². The Kier molecular flexibility index (Phi) is 6.46. The monoisotopic (exact) mass is 431 g/mol. The largest absolute Gasteiger partial charge is 0.465 e. The van der Waals surface area contributed by atoms with E-state index in [0.717, 1.165) is 49.4 Å². The van der Waals surface area contributed by atoms with Crippen molar-refractivity contribution in [2.24, 2.45) is 17.3 Å². The molecule has 0 aromatic carbocycles. The van der Waals surface area contributed by atoms with Crippen molar-refractivity contribution in [2.75, 3.05) is 26.4 Å². The third-order valence-electron chi connectivity index (χ3n) is 7.22. The first kappa shape index (κ1) is 22.0. The Morgan fingerprint density at radius 1 is 1.26 bits per heavy atom. The summed E-state index contributed by atoms with van der Waals surface area (Å²) in [6, 6.07) is 0. The highest BCUT2D eigenvalue weighted by Crippen LogP contribution is 2.37. The molecule has 0 unspecified atom stereocenters. The number of ketones is 1. The SMILES string of the molecule is CCc1nn(CCCOC(=O)C2CC(C(C)=O)C2)c2c1C(=O)NCC1(CCOCC1)C2. The predicted molar refractivity (Wildman–Crippen MR) is 113 cm³/mol. The normalized spacial score (nSPS) is 24.6. The molecule has 1 amide bonds. The molecule has 3 aliphatic rings. The minimum absolute atomic E-state index is 0.0197. The number of hydrogen-bond acceptors (Lipinski definition) is 6. The minimum atomic E-state index is -0.202. The number of carbonyl (C=O) groups is 3. The van der Waals surface area contributed by atoms with Gasteiger partial charge in [0.15, 0.2) is 0 Å². The molecule has 1 aromatic rings. The summed E-state index contributed by atoms with van der Waals surface area (Å²) in [4.78, 5) is 36.3. The maximum atomic E-state index is 12.8. The highest BCUT2D eigenvalue weighted by molar-refractivity contribution is 5.97. The molecule has 3 heterocycles. The van der Waals surface area contributed by atoms with Gasteiger partial charge in [-0.05, 0) is 50.9 Å². The molecular formula is C23H33N3O5. The van der Waals surface area contributed by atoms with Crippen LogP contribution in [0.5, 0.6) is 0 Å². The fraction of sp³-hybridized carbons (Fsp3) is 0.739. The van der Waals surface area contributed by atoms with Crippen LogP contribution in [-0.2, 0) is 38.4 Å². The van der Waals surface area contributed by atoms with Crippen LogP contribution in [0.15, 0.2) is 0 Å². The number of carbonyl (C=O) groups excluding carboxylic acids is 3. The van der Waals surface area contributed by atoms with Crippen LogP contribution < -0.4 is 5.32 Å². The van der Waals surface area contributed by atoms with Gasteiger partial charge in [0, 0.05) is 38.6 Å². The third-order valence-corrected chi connectivity index (χ3v) is 7.22. The molecule has 4 rings (SSSR count). The lowest BCUT2D eigenvalue weighted by molar-refractivity contribution is -0.154. The van der Waals surface area contributed by atoms with E-state index in [9.17, 15) is 14.4 Å². The molecule has 1 N–H and O–H groups in total. The number of amides is 1. The van der Waals surface area contributed by atoms with Crippen molar-refractivity contribution in [3.8, 4) is 0 Å².